The summed E-state index contributed by atoms with van der Waals surface area (Å²) >= 11 is 0. The zero-order valence-electron chi connectivity index (χ0n) is 29.3. The summed E-state index contributed by atoms with van der Waals surface area (Å²) in [7, 11) is 1.37. The van der Waals surface area contributed by atoms with E-state index in [9.17, 15) is 13.6 Å². The largest absolute Gasteiger partial charge is 0.490 e. The summed E-state index contributed by atoms with van der Waals surface area (Å²) in [6.45, 7) is 13.5. The lowest BCUT2D eigenvalue weighted by molar-refractivity contribution is -0.164. The highest BCUT2D eigenvalue weighted by atomic mass is 19.2. The lowest BCUT2D eigenvalue weighted by Gasteiger charge is -2.41. The van der Waals surface area contributed by atoms with Crippen LogP contribution in [0.25, 0.3) is 28.0 Å². The zero-order chi connectivity index (χ0) is 35.1. The first kappa shape index (κ1) is 34.6. The minimum atomic E-state index is -0.979. The van der Waals surface area contributed by atoms with Gasteiger partial charge in [0.15, 0.2) is 17.7 Å². The smallest absolute Gasteiger partial charge is 0.339 e. The third-order valence-corrected chi connectivity index (χ3v) is 9.22. The molecule has 0 aliphatic carbocycles. The molecule has 7 rings (SSSR count). The number of carbonyl (C=O) groups excluding carboxylic acids is 1. The Labute approximate surface area is 286 Å². The van der Waals surface area contributed by atoms with E-state index in [1.165, 1.54) is 13.2 Å². The maximum atomic E-state index is 14.7. The quantitative estimate of drug-likeness (QED) is 0.160. The number of imidazole rings is 1. The van der Waals surface area contributed by atoms with Crippen LogP contribution in [-0.4, -0.2) is 59.5 Å². The number of piperidine rings is 1. The molecule has 260 valence electrons. The number of ether oxygens (including phenoxy) is 4. The number of hydrogen-bond acceptors (Lipinski definition) is 7. The van der Waals surface area contributed by atoms with Crippen LogP contribution in [0.3, 0.4) is 0 Å². The van der Waals surface area contributed by atoms with Crippen molar-refractivity contribution in [2.45, 2.75) is 84.2 Å². The number of pyridine rings is 1. The molecule has 3 aliphatic rings. The number of hydrogen-bond donors (Lipinski definition) is 0. The van der Waals surface area contributed by atoms with Gasteiger partial charge in [0.1, 0.15) is 17.2 Å². The van der Waals surface area contributed by atoms with Crippen LogP contribution in [0, 0.1) is 18.6 Å². The number of nitrogens with zero attached hydrogens (tertiary/aromatic N) is 3. The summed E-state index contributed by atoms with van der Waals surface area (Å²) in [6.07, 6.45) is 6.75. The average molecular weight is 674 g/mol. The molecule has 8 nitrogen and oxygen atoms in total. The van der Waals surface area contributed by atoms with Crippen LogP contribution in [0.2, 0.25) is 0 Å². The Morgan fingerprint density at radius 2 is 1.78 bits per heavy atom. The van der Waals surface area contributed by atoms with E-state index in [2.05, 4.69) is 11.8 Å². The second kappa shape index (κ2) is 13.6. The third-order valence-electron chi connectivity index (χ3n) is 9.22. The summed E-state index contributed by atoms with van der Waals surface area (Å²) in [5, 5.41) is 0. The molecule has 49 heavy (non-hydrogen) atoms. The number of carbonyl (C=O) groups is 1. The van der Waals surface area contributed by atoms with Gasteiger partial charge >= 0.3 is 5.97 Å². The highest BCUT2D eigenvalue weighted by Gasteiger charge is 2.37. The van der Waals surface area contributed by atoms with Crippen LogP contribution >= 0.6 is 0 Å². The van der Waals surface area contributed by atoms with Gasteiger partial charge in [-0.15, -0.1) is 0 Å². The van der Waals surface area contributed by atoms with Crippen molar-refractivity contribution in [2.75, 3.05) is 31.7 Å². The second-order valence-corrected chi connectivity index (χ2v) is 14.3. The van der Waals surface area contributed by atoms with Gasteiger partial charge in [0.2, 0.25) is 0 Å². The topological polar surface area (TPSA) is 74.5 Å². The number of aromatic nitrogens is 2. The molecule has 1 fully saturated rings. The van der Waals surface area contributed by atoms with Gasteiger partial charge in [-0.3, -0.25) is 4.40 Å². The van der Waals surface area contributed by atoms with Gasteiger partial charge < -0.3 is 23.8 Å². The molecule has 2 aromatic heterocycles. The zero-order valence-corrected chi connectivity index (χ0v) is 29.3. The van der Waals surface area contributed by atoms with Gasteiger partial charge in [-0.05, 0) is 83.7 Å². The fourth-order valence-corrected chi connectivity index (χ4v) is 6.62. The van der Waals surface area contributed by atoms with Crippen molar-refractivity contribution < 1.29 is 32.5 Å². The van der Waals surface area contributed by atoms with Gasteiger partial charge in [-0.2, -0.15) is 0 Å². The van der Waals surface area contributed by atoms with E-state index in [-0.39, 0.29) is 17.5 Å². The predicted octanol–water partition coefficient (Wildman–Crippen LogP) is 8.39. The van der Waals surface area contributed by atoms with E-state index in [4.69, 9.17) is 23.9 Å². The van der Waals surface area contributed by atoms with Crippen LogP contribution in [0.15, 0.2) is 60.8 Å². The standard InChI is InChI=1S/C39H45F2N3O5/c1-24-19-33-42-31-23-44(33)36(34(24)35(37(45)46-7)49-38(3,4)5)43-16-14-39(6,15-17-43)47-18-9-8-11-25(2)48-32-22-30(41)29(40)21-28(32)26-12-10-13-27(31)20-26/h8-10,12-13,19-23,25,35H,11,14-18H2,1-7H3/b9-8+/t25-,35-/m0/s1. The average Bonchev–Trinajstić information content (AvgIpc) is 3.47. The van der Waals surface area contributed by atoms with Crippen molar-refractivity contribution in [1.29, 1.82) is 0 Å². The normalized spacial score (nSPS) is 21.2. The Morgan fingerprint density at radius 3 is 2.49 bits per heavy atom. The number of methoxy groups -OCH3 is 1. The molecule has 4 aromatic rings. The van der Waals surface area contributed by atoms with Gasteiger partial charge in [-0.1, -0.05) is 30.4 Å². The van der Waals surface area contributed by atoms with Crippen molar-refractivity contribution in [3.8, 4) is 28.1 Å². The Kier molecular flexibility index (Phi) is 9.57. The van der Waals surface area contributed by atoms with Crippen molar-refractivity contribution in [3.63, 3.8) is 0 Å². The molecule has 0 N–H and O–H groups in total. The Morgan fingerprint density at radius 1 is 1.06 bits per heavy atom. The number of fused-ring (bicyclic) bond motifs is 7. The number of rotatable bonds is 3. The Bertz CT molecular complexity index is 1890. The predicted molar refractivity (Wildman–Crippen MR) is 186 cm³/mol. The molecule has 5 heterocycles. The van der Waals surface area contributed by atoms with Gasteiger partial charge in [0.25, 0.3) is 0 Å². The molecule has 2 aromatic carbocycles. The molecule has 0 unspecified atom stereocenters. The Balaban J connectivity index is 1.56. The first-order valence-corrected chi connectivity index (χ1v) is 16.8. The van der Waals surface area contributed by atoms with Crippen LogP contribution in [0.5, 0.6) is 5.75 Å². The molecule has 0 amide bonds. The SMILES string of the molecule is COC(=O)[C@@H](OC(C)(C)C)c1c(C)cc2nc3cn2c1N1CCC(C)(CC1)OC/C=C/C[C@H](C)Oc1cc(F)c(F)cc1-c1cccc-3c1. The maximum absolute atomic E-state index is 14.7. The van der Waals surface area contributed by atoms with Crippen molar-refractivity contribution >= 4 is 17.4 Å². The minimum Gasteiger partial charge on any atom is -0.490 e. The number of anilines is 1. The van der Waals surface area contributed by atoms with E-state index in [0.717, 1.165) is 41.4 Å². The molecule has 10 heteroatoms. The molecule has 6 bridgehead atoms. The first-order chi connectivity index (χ1) is 23.2. The number of esters is 1. The third kappa shape index (κ3) is 7.35. The fraction of sp³-hybridized carbons (Fsp3) is 0.436. The van der Waals surface area contributed by atoms with E-state index < -0.39 is 29.3 Å². The van der Waals surface area contributed by atoms with Crippen LogP contribution < -0.4 is 9.64 Å². The molecular formula is C39H45F2N3O5. The summed E-state index contributed by atoms with van der Waals surface area (Å²) < 4.78 is 55.5. The molecule has 1 saturated heterocycles. The van der Waals surface area contributed by atoms with Crippen LogP contribution in [0.1, 0.15) is 71.1 Å². The van der Waals surface area contributed by atoms with E-state index in [1.807, 2.05) is 87.7 Å². The monoisotopic (exact) mass is 673 g/mol. The number of benzene rings is 2. The number of aryl methyl sites for hydroxylation is 1. The van der Waals surface area contributed by atoms with Gasteiger partial charge in [0, 0.05) is 48.5 Å². The van der Waals surface area contributed by atoms with E-state index in [0.29, 0.717) is 48.6 Å². The first-order valence-electron chi connectivity index (χ1n) is 16.8. The summed E-state index contributed by atoms with van der Waals surface area (Å²) in [5.41, 5.74) is 3.83. The highest BCUT2D eigenvalue weighted by molar-refractivity contribution is 5.81. The summed E-state index contributed by atoms with van der Waals surface area (Å²) in [6, 6.07) is 11.8. The molecular weight excluding hydrogens is 628 g/mol. The Hall–Kier alpha value is -4.28. The molecule has 3 aliphatic heterocycles. The van der Waals surface area contributed by atoms with Crippen LogP contribution in [0.4, 0.5) is 14.6 Å². The number of halogens is 2. The molecule has 2 atom stereocenters. The fourth-order valence-electron chi connectivity index (χ4n) is 6.62. The van der Waals surface area contributed by atoms with Crippen LogP contribution in [-0.2, 0) is 19.0 Å². The molecule has 0 spiro atoms. The van der Waals surface area contributed by atoms with Crippen molar-refractivity contribution in [2.24, 2.45) is 0 Å². The second-order valence-electron chi connectivity index (χ2n) is 14.3. The highest BCUT2D eigenvalue weighted by Crippen LogP contribution is 2.41. The van der Waals surface area contributed by atoms with E-state index >= 15 is 0 Å². The maximum Gasteiger partial charge on any atom is 0.339 e. The van der Waals surface area contributed by atoms with Crippen molar-refractivity contribution in [1.82, 2.24) is 9.38 Å². The van der Waals surface area contributed by atoms with Gasteiger partial charge in [0.05, 0.1) is 36.7 Å². The molecule has 0 saturated carbocycles. The van der Waals surface area contributed by atoms with Gasteiger partial charge in [-0.25, -0.2) is 18.6 Å². The van der Waals surface area contributed by atoms with E-state index in [1.54, 1.807) is 0 Å². The van der Waals surface area contributed by atoms with Crippen molar-refractivity contribution in [3.05, 3.63) is 83.6 Å². The molecule has 0 radical (unpaired) electrons. The lowest BCUT2D eigenvalue weighted by Crippen LogP contribution is -2.45. The minimum absolute atomic E-state index is 0.255. The summed E-state index contributed by atoms with van der Waals surface area (Å²) in [4.78, 5) is 20.7. The summed E-state index contributed by atoms with van der Waals surface area (Å²) in [5.74, 6) is -1.35. The lowest BCUT2D eigenvalue weighted by atomic mass is 9.92.